The third kappa shape index (κ3) is 2.75. The average Bonchev–Trinajstić information content (AvgIpc) is 2.67. The summed E-state index contributed by atoms with van der Waals surface area (Å²) in [6, 6.07) is 0.0884. The maximum atomic E-state index is 5.90. The van der Waals surface area contributed by atoms with Crippen LogP contribution in [-0.2, 0) is 6.54 Å². The number of imidazole rings is 1. The van der Waals surface area contributed by atoms with E-state index in [2.05, 4.69) is 21.3 Å². The Bertz CT molecular complexity index is 303. The van der Waals surface area contributed by atoms with Crippen LogP contribution in [0.3, 0.4) is 0 Å². The third-order valence-corrected chi connectivity index (χ3v) is 4.06. The van der Waals surface area contributed by atoms with Crippen LogP contribution in [-0.4, -0.2) is 21.1 Å². The van der Waals surface area contributed by atoms with Crippen molar-refractivity contribution < 1.29 is 0 Å². The molecule has 0 aliphatic carbocycles. The number of thioether (sulfide) groups is 1. The number of rotatable bonds is 3. The Labute approximate surface area is 95.4 Å². The van der Waals surface area contributed by atoms with Crippen molar-refractivity contribution in [2.45, 2.75) is 32.4 Å². The summed E-state index contributed by atoms with van der Waals surface area (Å²) in [6.07, 6.45) is 6.48. The number of nitrogens with zero attached hydrogens (tertiary/aromatic N) is 2. The van der Waals surface area contributed by atoms with Crippen molar-refractivity contribution in [3.63, 3.8) is 0 Å². The van der Waals surface area contributed by atoms with Gasteiger partial charge in [-0.2, -0.15) is 11.8 Å². The SMILES string of the molecule is C[C@H](N)c1cncn1CC1CCSCC1. The zero-order valence-electron chi connectivity index (χ0n) is 9.22. The van der Waals surface area contributed by atoms with E-state index < -0.39 is 0 Å². The van der Waals surface area contributed by atoms with Gasteiger partial charge in [-0.15, -0.1) is 0 Å². The molecule has 4 heteroatoms. The van der Waals surface area contributed by atoms with Gasteiger partial charge in [0.15, 0.2) is 0 Å². The van der Waals surface area contributed by atoms with E-state index in [9.17, 15) is 0 Å². The largest absolute Gasteiger partial charge is 0.333 e. The molecular weight excluding hydrogens is 206 g/mol. The van der Waals surface area contributed by atoms with Gasteiger partial charge in [0.05, 0.1) is 12.0 Å². The van der Waals surface area contributed by atoms with E-state index in [0.29, 0.717) is 0 Å². The number of hydrogen-bond acceptors (Lipinski definition) is 3. The van der Waals surface area contributed by atoms with Crippen molar-refractivity contribution in [3.05, 3.63) is 18.2 Å². The second-order valence-corrected chi connectivity index (χ2v) is 5.54. The van der Waals surface area contributed by atoms with Gasteiger partial charge in [-0.1, -0.05) is 0 Å². The van der Waals surface area contributed by atoms with Crippen molar-refractivity contribution in [1.29, 1.82) is 0 Å². The number of hydrogen-bond donors (Lipinski definition) is 1. The maximum absolute atomic E-state index is 5.90. The molecular formula is C11H19N3S. The fourth-order valence-electron chi connectivity index (χ4n) is 2.07. The van der Waals surface area contributed by atoms with Crippen LogP contribution < -0.4 is 5.73 Å². The molecule has 1 aromatic heterocycles. The monoisotopic (exact) mass is 225 g/mol. The van der Waals surface area contributed by atoms with E-state index in [1.54, 1.807) is 0 Å². The fraction of sp³-hybridized carbons (Fsp3) is 0.727. The lowest BCUT2D eigenvalue weighted by atomic mass is 10.0. The van der Waals surface area contributed by atoms with Crippen molar-refractivity contribution in [1.82, 2.24) is 9.55 Å². The molecule has 1 fully saturated rings. The summed E-state index contributed by atoms with van der Waals surface area (Å²) in [4.78, 5) is 4.19. The highest BCUT2D eigenvalue weighted by atomic mass is 32.2. The second kappa shape index (κ2) is 5.03. The summed E-state index contributed by atoms with van der Waals surface area (Å²) in [6.45, 7) is 3.11. The minimum atomic E-state index is 0.0884. The van der Waals surface area contributed by atoms with Gasteiger partial charge in [-0.25, -0.2) is 4.98 Å². The summed E-state index contributed by atoms with van der Waals surface area (Å²) in [5, 5.41) is 0. The Hall–Kier alpha value is -0.480. The quantitative estimate of drug-likeness (QED) is 0.856. The molecule has 0 aromatic carbocycles. The molecule has 1 aliphatic heterocycles. The molecule has 0 unspecified atom stereocenters. The molecule has 0 saturated carbocycles. The standard InChI is InChI=1S/C11H19N3S/c1-9(12)11-6-13-8-14(11)7-10-2-4-15-5-3-10/h6,8-10H,2-5,7,12H2,1H3/t9-/m0/s1. The zero-order valence-corrected chi connectivity index (χ0v) is 10.0. The summed E-state index contributed by atoms with van der Waals surface area (Å²) in [5.41, 5.74) is 7.06. The molecule has 1 aromatic rings. The highest BCUT2D eigenvalue weighted by Crippen LogP contribution is 2.25. The van der Waals surface area contributed by atoms with Crippen LogP contribution in [0.2, 0.25) is 0 Å². The van der Waals surface area contributed by atoms with Crippen molar-refractivity contribution in [3.8, 4) is 0 Å². The normalized spacial score (nSPS) is 20.4. The Morgan fingerprint density at radius 1 is 1.60 bits per heavy atom. The summed E-state index contributed by atoms with van der Waals surface area (Å²) < 4.78 is 2.23. The minimum Gasteiger partial charge on any atom is -0.333 e. The molecule has 84 valence electrons. The number of nitrogens with two attached hydrogens (primary N) is 1. The summed E-state index contributed by atoms with van der Waals surface area (Å²) >= 11 is 2.07. The van der Waals surface area contributed by atoms with Crippen molar-refractivity contribution in [2.24, 2.45) is 11.7 Å². The van der Waals surface area contributed by atoms with Gasteiger partial charge in [-0.3, -0.25) is 0 Å². The van der Waals surface area contributed by atoms with Crippen LogP contribution in [0.25, 0.3) is 0 Å². The molecule has 1 atom stereocenters. The van der Waals surface area contributed by atoms with E-state index in [0.717, 1.165) is 18.2 Å². The molecule has 2 N–H and O–H groups in total. The van der Waals surface area contributed by atoms with E-state index in [4.69, 9.17) is 5.73 Å². The smallest absolute Gasteiger partial charge is 0.0948 e. The summed E-state index contributed by atoms with van der Waals surface area (Å²) in [7, 11) is 0. The van der Waals surface area contributed by atoms with E-state index in [-0.39, 0.29) is 6.04 Å². The van der Waals surface area contributed by atoms with Gasteiger partial charge in [0.2, 0.25) is 0 Å². The van der Waals surface area contributed by atoms with Gasteiger partial charge >= 0.3 is 0 Å². The third-order valence-electron chi connectivity index (χ3n) is 3.01. The first-order chi connectivity index (χ1) is 7.27. The Kier molecular flexibility index (Phi) is 3.70. The van der Waals surface area contributed by atoms with Crippen molar-refractivity contribution >= 4 is 11.8 Å². The average molecular weight is 225 g/mol. The lowest BCUT2D eigenvalue weighted by Gasteiger charge is -2.23. The molecule has 0 radical (unpaired) electrons. The van der Waals surface area contributed by atoms with Crippen molar-refractivity contribution in [2.75, 3.05) is 11.5 Å². The van der Waals surface area contributed by atoms with Crippen LogP contribution in [0, 0.1) is 5.92 Å². The first kappa shape index (κ1) is 11.0. The van der Waals surface area contributed by atoms with Crippen LogP contribution in [0.4, 0.5) is 0 Å². The van der Waals surface area contributed by atoms with Gasteiger partial charge < -0.3 is 10.3 Å². The predicted molar refractivity (Wildman–Crippen MR) is 64.9 cm³/mol. The molecule has 1 saturated heterocycles. The Morgan fingerprint density at radius 3 is 3.00 bits per heavy atom. The van der Waals surface area contributed by atoms with Gasteiger partial charge in [0.1, 0.15) is 0 Å². The highest BCUT2D eigenvalue weighted by Gasteiger charge is 2.16. The molecule has 0 bridgehead atoms. The lowest BCUT2D eigenvalue weighted by molar-refractivity contribution is 0.406. The predicted octanol–water partition coefficient (Wildman–Crippen LogP) is 2.05. The molecule has 2 heterocycles. The lowest BCUT2D eigenvalue weighted by Crippen LogP contribution is -2.19. The molecule has 1 aliphatic rings. The molecule has 3 nitrogen and oxygen atoms in total. The van der Waals surface area contributed by atoms with Crippen LogP contribution in [0.1, 0.15) is 31.5 Å². The van der Waals surface area contributed by atoms with E-state index >= 15 is 0 Å². The topological polar surface area (TPSA) is 43.8 Å². The van der Waals surface area contributed by atoms with Crippen LogP contribution >= 0.6 is 11.8 Å². The van der Waals surface area contributed by atoms with Gasteiger partial charge in [0, 0.05) is 18.8 Å². The summed E-state index contributed by atoms with van der Waals surface area (Å²) in [5.74, 6) is 3.44. The Morgan fingerprint density at radius 2 is 2.33 bits per heavy atom. The first-order valence-electron chi connectivity index (χ1n) is 5.60. The fourth-order valence-corrected chi connectivity index (χ4v) is 3.27. The van der Waals surface area contributed by atoms with Crippen LogP contribution in [0.15, 0.2) is 12.5 Å². The maximum Gasteiger partial charge on any atom is 0.0948 e. The minimum absolute atomic E-state index is 0.0884. The van der Waals surface area contributed by atoms with Gasteiger partial charge in [-0.05, 0) is 37.2 Å². The van der Waals surface area contributed by atoms with E-state index in [1.165, 1.54) is 24.3 Å². The number of aromatic nitrogens is 2. The molecule has 15 heavy (non-hydrogen) atoms. The molecule has 0 spiro atoms. The van der Waals surface area contributed by atoms with Gasteiger partial charge in [0.25, 0.3) is 0 Å². The second-order valence-electron chi connectivity index (χ2n) is 4.32. The highest BCUT2D eigenvalue weighted by molar-refractivity contribution is 7.99. The Balaban J connectivity index is 1.99. The molecule has 0 amide bonds. The van der Waals surface area contributed by atoms with Crippen LogP contribution in [0.5, 0.6) is 0 Å². The zero-order chi connectivity index (χ0) is 10.7. The first-order valence-corrected chi connectivity index (χ1v) is 6.76. The van der Waals surface area contributed by atoms with E-state index in [1.807, 2.05) is 19.4 Å². The molecule has 2 rings (SSSR count).